The molecule has 0 fully saturated rings. The van der Waals surface area contributed by atoms with Gasteiger partial charge >= 0.3 is 0 Å². The van der Waals surface area contributed by atoms with Crippen molar-refractivity contribution in [1.29, 1.82) is 0 Å². The fourth-order valence-electron chi connectivity index (χ4n) is 1.42. The van der Waals surface area contributed by atoms with Crippen molar-refractivity contribution in [2.45, 2.75) is 32.6 Å². The van der Waals surface area contributed by atoms with E-state index in [1.165, 1.54) is 45.3 Å². The second-order valence-corrected chi connectivity index (χ2v) is 4.38. The first kappa shape index (κ1) is 14.4. The minimum atomic E-state index is 0.899. The van der Waals surface area contributed by atoms with Crippen molar-refractivity contribution in [3.05, 3.63) is 0 Å². The van der Waals surface area contributed by atoms with Gasteiger partial charge in [-0.15, -0.1) is 0 Å². The Bertz CT molecular complexity index is 111. The molecule has 0 aliphatic heterocycles. The zero-order valence-electron chi connectivity index (χ0n) is 9.60. The van der Waals surface area contributed by atoms with E-state index in [-0.39, 0.29) is 0 Å². The van der Waals surface area contributed by atoms with Crippen LogP contribution in [0.15, 0.2) is 0 Å². The van der Waals surface area contributed by atoms with Gasteiger partial charge in [0.2, 0.25) is 0 Å². The predicted molar refractivity (Wildman–Crippen MR) is 66.3 cm³/mol. The van der Waals surface area contributed by atoms with Gasteiger partial charge in [-0.1, -0.05) is 29.3 Å². The maximum absolute atomic E-state index is 5.04. The molecule has 0 rings (SSSR count). The summed E-state index contributed by atoms with van der Waals surface area (Å²) < 4.78 is 5.04. The highest BCUT2D eigenvalue weighted by Gasteiger charge is 2.02. The van der Waals surface area contributed by atoms with Gasteiger partial charge in [-0.3, -0.25) is 0 Å². The van der Waals surface area contributed by atoms with Gasteiger partial charge in [0, 0.05) is 25.6 Å². The van der Waals surface area contributed by atoms with E-state index < -0.39 is 0 Å². The molecule has 0 N–H and O–H groups in total. The molecule has 0 saturated carbocycles. The third-order valence-corrected chi connectivity index (χ3v) is 2.66. The smallest absolute Gasteiger partial charge is 0.0462 e. The van der Waals surface area contributed by atoms with Gasteiger partial charge in [0.15, 0.2) is 0 Å². The summed E-state index contributed by atoms with van der Waals surface area (Å²) in [5.74, 6) is 0. The lowest BCUT2D eigenvalue weighted by molar-refractivity contribution is 0.184. The molecule has 0 bridgehead atoms. The topological polar surface area (TPSA) is 12.5 Å². The molecule has 0 atom stereocenters. The van der Waals surface area contributed by atoms with Crippen LogP contribution in [-0.4, -0.2) is 43.6 Å². The highest BCUT2D eigenvalue weighted by Crippen LogP contribution is 2.00. The Labute approximate surface area is 97.1 Å². The van der Waals surface area contributed by atoms with Crippen LogP contribution in [0, 0.1) is 0 Å². The summed E-state index contributed by atoms with van der Waals surface area (Å²) in [6.07, 6.45) is 5.04. The number of nitrogens with zero attached hydrogens (tertiary/aromatic N) is 1. The fraction of sp³-hybridized carbons (Fsp3) is 1.00. The Morgan fingerprint density at radius 3 is 2.36 bits per heavy atom. The standard InChI is InChI=1S/C11H24BrNO/c1-3-4-8-13(10-7-12)9-5-6-11-14-2/h3-11H2,1-2H3. The van der Waals surface area contributed by atoms with Crippen LogP contribution in [0.5, 0.6) is 0 Å². The van der Waals surface area contributed by atoms with E-state index in [4.69, 9.17) is 4.74 Å². The Hall–Kier alpha value is 0.400. The maximum atomic E-state index is 5.04. The summed E-state index contributed by atoms with van der Waals surface area (Å²) in [6, 6.07) is 0. The normalized spacial score (nSPS) is 11.1. The number of alkyl halides is 1. The molecular formula is C11H24BrNO. The van der Waals surface area contributed by atoms with E-state index in [0.717, 1.165) is 11.9 Å². The van der Waals surface area contributed by atoms with Gasteiger partial charge in [-0.05, 0) is 32.4 Å². The average molecular weight is 266 g/mol. The number of methoxy groups -OCH3 is 1. The van der Waals surface area contributed by atoms with Crippen molar-refractivity contribution < 1.29 is 4.74 Å². The molecule has 0 unspecified atom stereocenters. The first-order valence-corrected chi connectivity index (χ1v) is 6.74. The molecule has 0 aliphatic rings. The summed E-state index contributed by atoms with van der Waals surface area (Å²) in [6.45, 7) is 6.78. The van der Waals surface area contributed by atoms with Crippen LogP contribution in [0.2, 0.25) is 0 Å². The van der Waals surface area contributed by atoms with Crippen molar-refractivity contribution in [2.75, 3.05) is 38.7 Å². The highest BCUT2D eigenvalue weighted by atomic mass is 79.9. The van der Waals surface area contributed by atoms with Crippen LogP contribution in [-0.2, 0) is 4.74 Å². The van der Waals surface area contributed by atoms with Crippen LogP contribution >= 0.6 is 15.9 Å². The number of unbranched alkanes of at least 4 members (excludes halogenated alkanes) is 2. The zero-order chi connectivity index (χ0) is 10.6. The van der Waals surface area contributed by atoms with E-state index >= 15 is 0 Å². The zero-order valence-corrected chi connectivity index (χ0v) is 11.2. The Morgan fingerprint density at radius 2 is 1.79 bits per heavy atom. The van der Waals surface area contributed by atoms with Gasteiger partial charge in [-0.2, -0.15) is 0 Å². The Morgan fingerprint density at radius 1 is 1.07 bits per heavy atom. The number of hydrogen-bond donors (Lipinski definition) is 0. The maximum Gasteiger partial charge on any atom is 0.0462 e. The molecule has 86 valence electrons. The molecule has 3 heteroatoms. The Balaban J connectivity index is 3.40. The van der Waals surface area contributed by atoms with Crippen LogP contribution in [0.4, 0.5) is 0 Å². The minimum absolute atomic E-state index is 0.899. The van der Waals surface area contributed by atoms with Crippen molar-refractivity contribution in [3.63, 3.8) is 0 Å². The van der Waals surface area contributed by atoms with E-state index in [9.17, 15) is 0 Å². The van der Waals surface area contributed by atoms with E-state index in [1.807, 2.05) is 0 Å². The van der Waals surface area contributed by atoms with Crippen molar-refractivity contribution in [1.82, 2.24) is 4.90 Å². The average Bonchev–Trinajstić information content (AvgIpc) is 2.20. The van der Waals surface area contributed by atoms with Crippen molar-refractivity contribution >= 4 is 15.9 Å². The predicted octanol–water partition coefficient (Wildman–Crippen LogP) is 2.91. The molecule has 0 aromatic carbocycles. The van der Waals surface area contributed by atoms with Crippen LogP contribution < -0.4 is 0 Å². The largest absolute Gasteiger partial charge is 0.385 e. The summed E-state index contributed by atoms with van der Waals surface area (Å²) >= 11 is 3.50. The lowest BCUT2D eigenvalue weighted by Gasteiger charge is -2.20. The van der Waals surface area contributed by atoms with Gasteiger partial charge in [0.05, 0.1) is 0 Å². The van der Waals surface area contributed by atoms with E-state index in [1.54, 1.807) is 7.11 Å². The molecule has 0 aromatic rings. The minimum Gasteiger partial charge on any atom is -0.385 e. The lowest BCUT2D eigenvalue weighted by Crippen LogP contribution is -2.28. The highest BCUT2D eigenvalue weighted by molar-refractivity contribution is 9.09. The first-order chi connectivity index (χ1) is 6.85. The van der Waals surface area contributed by atoms with Gasteiger partial charge in [0.1, 0.15) is 0 Å². The third kappa shape index (κ3) is 8.97. The fourth-order valence-corrected chi connectivity index (χ4v) is 1.92. The first-order valence-electron chi connectivity index (χ1n) is 5.62. The molecule has 0 amide bonds. The molecule has 0 heterocycles. The summed E-state index contributed by atoms with van der Waals surface area (Å²) in [5.41, 5.74) is 0. The van der Waals surface area contributed by atoms with Gasteiger partial charge < -0.3 is 9.64 Å². The van der Waals surface area contributed by atoms with E-state index in [2.05, 4.69) is 27.8 Å². The summed E-state index contributed by atoms with van der Waals surface area (Å²) in [7, 11) is 1.77. The van der Waals surface area contributed by atoms with Crippen LogP contribution in [0.3, 0.4) is 0 Å². The van der Waals surface area contributed by atoms with Gasteiger partial charge in [0.25, 0.3) is 0 Å². The molecule has 0 radical (unpaired) electrons. The van der Waals surface area contributed by atoms with Crippen LogP contribution in [0.25, 0.3) is 0 Å². The van der Waals surface area contributed by atoms with E-state index in [0.29, 0.717) is 0 Å². The molecule has 14 heavy (non-hydrogen) atoms. The molecule has 2 nitrogen and oxygen atoms in total. The molecule has 0 aromatic heterocycles. The number of rotatable bonds is 10. The number of halogens is 1. The van der Waals surface area contributed by atoms with Crippen molar-refractivity contribution in [2.24, 2.45) is 0 Å². The summed E-state index contributed by atoms with van der Waals surface area (Å²) in [5, 5.41) is 1.08. The van der Waals surface area contributed by atoms with Gasteiger partial charge in [-0.25, -0.2) is 0 Å². The number of ether oxygens (including phenoxy) is 1. The quantitative estimate of drug-likeness (QED) is 0.445. The second-order valence-electron chi connectivity index (χ2n) is 3.58. The SMILES string of the molecule is CCCCN(CCBr)CCCCOC. The summed E-state index contributed by atoms with van der Waals surface area (Å²) in [4.78, 5) is 2.54. The molecular weight excluding hydrogens is 242 g/mol. The van der Waals surface area contributed by atoms with Crippen molar-refractivity contribution in [3.8, 4) is 0 Å². The molecule has 0 aliphatic carbocycles. The van der Waals surface area contributed by atoms with Crippen LogP contribution in [0.1, 0.15) is 32.6 Å². The Kier molecular flexibility index (Phi) is 11.8. The number of hydrogen-bond acceptors (Lipinski definition) is 2. The molecule has 0 saturated heterocycles. The second kappa shape index (κ2) is 11.5. The third-order valence-electron chi connectivity index (χ3n) is 2.30. The monoisotopic (exact) mass is 265 g/mol. The lowest BCUT2D eigenvalue weighted by atomic mass is 10.2. The molecule has 0 spiro atoms.